The van der Waals surface area contributed by atoms with Crippen molar-refractivity contribution in [2.45, 2.75) is 25.8 Å². The van der Waals surface area contributed by atoms with Crippen LogP contribution in [0.1, 0.15) is 25.0 Å². The molecule has 1 aliphatic heterocycles. The lowest BCUT2D eigenvalue weighted by Crippen LogP contribution is -2.29. The topological polar surface area (TPSA) is 16.1 Å². The maximum absolute atomic E-state index is 5.02. The second-order valence-electron chi connectivity index (χ2n) is 6.39. The summed E-state index contributed by atoms with van der Waals surface area (Å²) < 4.78 is 0. The number of nitrogens with zero attached hydrogens (tertiary/aromatic N) is 2. The molecule has 1 aliphatic rings. The van der Waals surface area contributed by atoms with Crippen molar-refractivity contribution in [3.63, 3.8) is 0 Å². The highest BCUT2D eigenvalue weighted by molar-refractivity contribution is 5.94. The van der Waals surface area contributed by atoms with E-state index in [4.69, 9.17) is 4.98 Å². The number of aromatic nitrogens is 1. The van der Waals surface area contributed by atoms with E-state index in [0.29, 0.717) is 0 Å². The molecular weight excluding hydrogens is 280 g/mol. The third-order valence-electron chi connectivity index (χ3n) is 4.67. The SMILES string of the molecule is c1ccc(-c2nc(CN3CCCCC3)cc3ccccc23)cc1. The van der Waals surface area contributed by atoms with E-state index in [-0.39, 0.29) is 0 Å². The Morgan fingerprint density at radius 3 is 2.39 bits per heavy atom. The van der Waals surface area contributed by atoms with Crippen molar-refractivity contribution >= 4 is 10.8 Å². The van der Waals surface area contributed by atoms with Crippen molar-refractivity contribution in [2.75, 3.05) is 13.1 Å². The van der Waals surface area contributed by atoms with Gasteiger partial charge in [-0.2, -0.15) is 0 Å². The highest BCUT2D eigenvalue weighted by Gasteiger charge is 2.13. The Kier molecular flexibility index (Phi) is 4.08. The number of piperidine rings is 1. The number of hydrogen-bond donors (Lipinski definition) is 0. The molecule has 0 saturated carbocycles. The fraction of sp³-hybridized carbons (Fsp3) is 0.286. The maximum Gasteiger partial charge on any atom is 0.0784 e. The first kappa shape index (κ1) is 14.4. The molecular formula is C21H22N2. The van der Waals surface area contributed by atoms with Gasteiger partial charge in [0, 0.05) is 17.5 Å². The van der Waals surface area contributed by atoms with Crippen LogP contribution in [-0.4, -0.2) is 23.0 Å². The number of rotatable bonds is 3. The molecule has 0 aliphatic carbocycles. The summed E-state index contributed by atoms with van der Waals surface area (Å²) in [5.41, 5.74) is 3.49. The van der Waals surface area contributed by atoms with Crippen LogP contribution < -0.4 is 0 Å². The Balaban J connectivity index is 1.77. The van der Waals surface area contributed by atoms with Crippen molar-refractivity contribution in [3.8, 4) is 11.3 Å². The first-order valence-corrected chi connectivity index (χ1v) is 8.56. The minimum Gasteiger partial charge on any atom is -0.298 e. The third-order valence-corrected chi connectivity index (χ3v) is 4.67. The standard InChI is InChI=1S/C21H22N2/c1-3-9-17(10-4-1)21-20-12-6-5-11-18(20)15-19(22-21)16-23-13-7-2-8-14-23/h1,3-6,9-12,15H,2,7-8,13-14,16H2. The summed E-state index contributed by atoms with van der Waals surface area (Å²) in [7, 11) is 0. The van der Waals surface area contributed by atoms with Crippen LogP contribution in [0.5, 0.6) is 0 Å². The molecule has 0 bridgehead atoms. The van der Waals surface area contributed by atoms with Crippen LogP contribution in [0.25, 0.3) is 22.0 Å². The summed E-state index contributed by atoms with van der Waals surface area (Å²) in [5, 5.41) is 2.52. The summed E-state index contributed by atoms with van der Waals surface area (Å²) in [6.07, 6.45) is 4.01. The van der Waals surface area contributed by atoms with E-state index in [1.807, 2.05) is 0 Å². The van der Waals surface area contributed by atoms with E-state index >= 15 is 0 Å². The van der Waals surface area contributed by atoms with E-state index in [0.717, 1.165) is 12.2 Å². The van der Waals surface area contributed by atoms with Gasteiger partial charge >= 0.3 is 0 Å². The molecule has 1 saturated heterocycles. The monoisotopic (exact) mass is 302 g/mol. The van der Waals surface area contributed by atoms with Gasteiger partial charge in [0.15, 0.2) is 0 Å². The summed E-state index contributed by atoms with van der Waals surface area (Å²) in [6.45, 7) is 3.37. The van der Waals surface area contributed by atoms with Crippen molar-refractivity contribution in [1.29, 1.82) is 0 Å². The molecule has 2 aromatic carbocycles. The zero-order chi connectivity index (χ0) is 15.5. The van der Waals surface area contributed by atoms with Gasteiger partial charge in [-0.3, -0.25) is 9.88 Å². The van der Waals surface area contributed by atoms with E-state index < -0.39 is 0 Å². The Bertz CT molecular complexity index is 789. The highest BCUT2D eigenvalue weighted by atomic mass is 15.1. The molecule has 0 spiro atoms. The van der Waals surface area contributed by atoms with Gasteiger partial charge in [0.05, 0.1) is 11.4 Å². The molecule has 2 nitrogen and oxygen atoms in total. The van der Waals surface area contributed by atoms with Crippen molar-refractivity contribution in [2.24, 2.45) is 0 Å². The van der Waals surface area contributed by atoms with E-state index in [1.165, 1.54) is 54.4 Å². The molecule has 2 heterocycles. The fourth-order valence-electron chi connectivity index (χ4n) is 3.50. The van der Waals surface area contributed by atoms with Crippen LogP contribution in [0.15, 0.2) is 60.7 Å². The summed E-state index contributed by atoms with van der Waals surface area (Å²) in [4.78, 5) is 7.56. The predicted molar refractivity (Wildman–Crippen MR) is 96.3 cm³/mol. The summed E-state index contributed by atoms with van der Waals surface area (Å²) in [5.74, 6) is 0. The lowest BCUT2D eigenvalue weighted by molar-refractivity contribution is 0.218. The van der Waals surface area contributed by atoms with E-state index in [2.05, 4.69) is 65.6 Å². The van der Waals surface area contributed by atoms with E-state index in [9.17, 15) is 0 Å². The van der Waals surface area contributed by atoms with Crippen LogP contribution in [0, 0.1) is 0 Å². The lowest BCUT2D eigenvalue weighted by atomic mass is 10.0. The van der Waals surface area contributed by atoms with Crippen molar-refractivity contribution in [1.82, 2.24) is 9.88 Å². The molecule has 0 N–H and O–H groups in total. The Labute approximate surface area is 137 Å². The first-order chi connectivity index (χ1) is 11.4. The molecule has 4 rings (SSSR count). The van der Waals surface area contributed by atoms with Gasteiger partial charge in [-0.25, -0.2) is 0 Å². The molecule has 3 aromatic rings. The second-order valence-corrected chi connectivity index (χ2v) is 6.39. The van der Waals surface area contributed by atoms with Gasteiger partial charge in [-0.15, -0.1) is 0 Å². The maximum atomic E-state index is 5.02. The van der Waals surface area contributed by atoms with Gasteiger partial charge in [-0.1, -0.05) is 61.0 Å². The molecule has 0 unspecified atom stereocenters. The molecule has 2 heteroatoms. The van der Waals surface area contributed by atoms with Crippen molar-refractivity contribution < 1.29 is 0 Å². The van der Waals surface area contributed by atoms with Crippen LogP contribution in [-0.2, 0) is 6.54 Å². The van der Waals surface area contributed by atoms with Gasteiger partial charge in [0.1, 0.15) is 0 Å². The van der Waals surface area contributed by atoms with Gasteiger partial charge < -0.3 is 0 Å². The third kappa shape index (κ3) is 3.13. The van der Waals surface area contributed by atoms with Crippen LogP contribution in [0.2, 0.25) is 0 Å². The molecule has 0 radical (unpaired) electrons. The minimum absolute atomic E-state index is 0.963. The Morgan fingerprint density at radius 2 is 1.57 bits per heavy atom. The van der Waals surface area contributed by atoms with Crippen LogP contribution >= 0.6 is 0 Å². The lowest BCUT2D eigenvalue weighted by Gasteiger charge is -2.26. The number of fused-ring (bicyclic) bond motifs is 1. The Morgan fingerprint density at radius 1 is 0.826 bits per heavy atom. The fourth-order valence-corrected chi connectivity index (χ4v) is 3.50. The van der Waals surface area contributed by atoms with Crippen LogP contribution in [0.3, 0.4) is 0 Å². The zero-order valence-electron chi connectivity index (χ0n) is 13.4. The highest BCUT2D eigenvalue weighted by Crippen LogP contribution is 2.28. The largest absolute Gasteiger partial charge is 0.298 e. The summed E-state index contributed by atoms with van der Waals surface area (Å²) >= 11 is 0. The predicted octanol–water partition coefficient (Wildman–Crippen LogP) is 4.89. The Hall–Kier alpha value is -2.19. The van der Waals surface area contributed by atoms with Gasteiger partial charge in [-0.05, 0) is 37.4 Å². The van der Waals surface area contributed by atoms with Crippen molar-refractivity contribution in [3.05, 3.63) is 66.4 Å². The zero-order valence-corrected chi connectivity index (χ0v) is 13.4. The van der Waals surface area contributed by atoms with Crippen LogP contribution in [0.4, 0.5) is 0 Å². The normalized spacial score (nSPS) is 15.8. The average Bonchev–Trinajstić information content (AvgIpc) is 2.63. The second kappa shape index (κ2) is 6.51. The molecule has 0 amide bonds. The number of benzene rings is 2. The molecule has 116 valence electrons. The van der Waals surface area contributed by atoms with E-state index in [1.54, 1.807) is 0 Å². The first-order valence-electron chi connectivity index (χ1n) is 8.56. The quantitative estimate of drug-likeness (QED) is 0.685. The number of pyridine rings is 1. The smallest absolute Gasteiger partial charge is 0.0784 e. The van der Waals surface area contributed by atoms with Gasteiger partial charge in [0.25, 0.3) is 0 Å². The molecule has 1 aromatic heterocycles. The number of likely N-dealkylation sites (tertiary alicyclic amines) is 1. The summed E-state index contributed by atoms with van der Waals surface area (Å²) in [6, 6.07) is 21.4. The number of hydrogen-bond acceptors (Lipinski definition) is 2. The van der Waals surface area contributed by atoms with Gasteiger partial charge in [0.2, 0.25) is 0 Å². The molecule has 0 atom stereocenters. The average molecular weight is 302 g/mol. The molecule has 1 fully saturated rings. The minimum atomic E-state index is 0.963. The molecule has 23 heavy (non-hydrogen) atoms.